The molecular formula is C13H13N3O4. The van der Waals surface area contributed by atoms with E-state index in [1.54, 1.807) is 31.2 Å². The predicted molar refractivity (Wildman–Crippen MR) is 69.1 cm³/mol. The summed E-state index contributed by atoms with van der Waals surface area (Å²) in [5.41, 5.74) is 1.03. The highest BCUT2D eigenvalue weighted by atomic mass is 16.5. The molecule has 1 aromatic carbocycles. The SMILES string of the molecule is CCOC(=O)c1n[nH]nc1-c1cccc(OC(C)=O)c1. The maximum Gasteiger partial charge on any atom is 0.361 e. The van der Waals surface area contributed by atoms with Gasteiger partial charge in [-0.3, -0.25) is 4.79 Å². The molecule has 0 unspecified atom stereocenters. The second-order valence-corrected chi connectivity index (χ2v) is 3.86. The van der Waals surface area contributed by atoms with Gasteiger partial charge in [0, 0.05) is 12.5 Å². The van der Waals surface area contributed by atoms with Gasteiger partial charge in [0.15, 0.2) is 5.69 Å². The Balaban J connectivity index is 2.35. The number of aromatic nitrogens is 3. The van der Waals surface area contributed by atoms with Crippen molar-refractivity contribution in [1.82, 2.24) is 15.4 Å². The van der Waals surface area contributed by atoms with E-state index in [0.717, 1.165) is 0 Å². The highest BCUT2D eigenvalue weighted by Gasteiger charge is 2.19. The molecule has 104 valence electrons. The molecule has 20 heavy (non-hydrogen) atoms. The number of carbonyl (C=O) groups is 2. The van der Waals surface area contributed by atoms with Crippen LogP contribution >= 0.6 is 0 Å². The third-order valence-electron chi connectivity index (χ3n) is 2.39. The first-order valence-electron chi connectivity index (χ1n) is 5.98. The lowest BCUT2D eigenvalue weighted by molar-refractivity contribution is -0.131. The van der Waals surface area contributed by atoms with Crippen molar-refractivity contribution < 1.29 is 19.1 Å². The normalized spacial score (nSPS) is 10.1. The second kappa shape index (κ2) is 5.96. The van der Waals surface area contributed by atoms with E-state index in [2.05, 4.69) is 15.4 Å². The number of hydrogen-bond acceptors (Lipinski definition) is 6. The summed E-state index contributed by atoms with van der Waals surface area (Å²) in [6.07, 6.45) is 0. The number of esters is 2. The standard InChI is InChI=1S/C13H13N3O4/c1-3-19-13(18)12-11(14-16-15-12)9-5-4-6-10(7-9)20-8(2)17/h4-7H,3H2,1-2H3,(H,14,15,16). The van der Waals surface area contributed by atoms with Crippen LogP contribution in [0.15, 0.2) is 24.3 Å². The molecule has 7 heteroatoms. The van der Waals surface area contributed by atoms with Crippen molar-refractivity contribution in [3.63, 3.8) is 0 Å². The lowest BCUT2D eigenvalue weighted by atomic mass is 10.1. The molecule has 0 saturated heterocycles. The van der Waals surface area contributed by atoms with Crippen molar-refractivity contribution in [3.8, 4) is 17.0 Å². The molecule has 0 radical (unpaired) electrons. The first kappa shape index (κ1) is 13.7. The molecule has 0 saturated carbocycles. The Hall–Kier alpha value is -2.70. The van der Waals surface area contributed by atoms with E-state index in [9.17, 15) is 9.59 Å². The van der Waals surface area contributed by atoms with Crippen molar-refractivity contribution in [2.24, 2.45) is 0 Å². The van der Waals surface area contributed by atoms with Crippen LogP contribution in [-0.4, -0.2) is 34.0 Å². The maximum atomic E-state index is 11.7. The minimum Gasteiger partial charge on any atom is -0.461 e. The lowest BCUT2D eigenvalue weighted by Crippen LogP contribution is -2.07. The van der Waals surface area contributed by atoms with Crippen LogP contribution in [0.5, 0.6) is 5.75 Å². The molecule has 0 aliphatic carbocycles. The van der Waals surface area contributed by atoms with Crippen LogP contribution in [0.2, 0.25) is 0 Å². The molecule has 2 aromatic rings. The Morgan fingerprint density at radius 3 is 2.80 bits per heavy atom. The molecule has 0 spiro atoms. The summed E-state index contributed by atoms with van der Waals surface area (Å²) in [6.45, 7) is 3.27. The van der Waals surface area contributed by atoms with Gasteiger partial charge in [-0.25, -0.2) is 4.79 Å². The van der Waals surface area contributed by atoms with Gasteiger partial charge in [0.25, 0.3) is 0 Å². The van der Waals surface area contributed by atoms with Gasteiger partial charge >= 0.3 is 11.9 Å². The summed E-state index contributed by atoms with van der Waals surface area (Å²) in [5.74, 6) is -0.616. The second-order valence-electron chi connectivity index (χ2n) is 3.86. The van der Waals surface area contributed by atoms with Crippen molar-refractivity contribution in [1.29, 1.82) is 0 Å². The average molecular weight is 275 g/mol. The van der Waals surface area contributed by atoms with Gasteiger partial charge < -0.3 is 9.47 Å². The smallest absolute Gasteiger partial charge is 0.361 e. The molecule has 2 rings (SSSR count). The molecule has 0 atom stereocenters. The van der Waals surface area contributed by atoms with Crippen molar-refractivity contribution in [2.75, 3.05) is 6.61 Å². The Labute approximate surface area is 114 Å². The van der Waals surface area contributed by atoms with E-state index >= 15 is 0 Å². The molecule has 7 nitrogen and oxygen atoms in total. The van der Waals surface area contributed by atoms with Gasteiger partial charge in [-0.15, -0.1) is 5.10 Å². The largest absolute Gasteiger partial charge is 0.461 e. The number of aromatic amines is 1. The third kappa shape index (κ3) is 3.00. The topological polar surface area (TPSA) is 94.2 Å². The Morgan fingerprint density at radius 2 is 2.10 bits per heavy atom. The molecule has 0 bridgehead atoms. The van der Waals surface area contributed by atoms with Crippen molar-refractivity contribution in [3.05, 3.63) is 30.0 Å². The first-order valence-corrected chi connectivity index (χ1v) is 5.98. The van der Waals surface area contributed by atoms with Crippen LogP contribution in [-0.2, 0) is 9.53 Å². The van der Waals surface area contributed by atoms with Crippen LogP contribution in [0.3, 0.4) is 0 Å². The van der Waals surface area contributed by atoms with Crippen molar-refractivity contribution in [2.45, 2.75) is 13.8 Å². The fraction of sp³-hybridized carbons (Fsp3) is 0.231. The molecule has 0 fully saturated rings. The summed E-state index contributed by atoms with van der Waals surface area (Å²) < 4.78 is 9.88. The number of hydrogen-bond donors (Lipinski definition) is 1. The van der Waals surface area contributed by atoms with E-state index in [1.165, 1.54) is 6.92 Å². The number of carbonyl (C=O) groups excluding carboxylic acids is 2. The fourth-order valence-corrected chi connectivity index (χ4v) is 1.65. The van der Waals surface area contributed by atoms with Crippen LogP contribution in [0, 0.1) is 0 Å². The third-order valence-corrected chi connectivity index (χ3v) is 2.39. The van der Waals surface area contributed by atoms with E-state index in [4.69, 9.17) is 9.47 Å². The summed E-state index contributed by atoms with van der Waals surface area (Å²) >= 11 is 0. The summed E-state index contributed by atoms with van der Waals surface area (Å²) in [4.78, 5) is 22.7. The summed E-state index contributed by atoms with van der Waals surface area (Å²) in [6, 6.07) is 6.65. The van der Waals surface area contributed by atoms with Gasteiger partial charge in [0.2, 0.25) is 0 Å². The summed E-state index contributed by atoms with van der Waals surface area (Å²) in [7, 11) is 0. The number of rotatable bonds is 4. The molecule has 0 amide bonds. The predicted octanol–water partition coefficient (Wildman–Crippen LogP) is 1.57. The minimum absolute atomic E-state index is 0.0897. The average Bonchev–Trinajstić information content (AvgIpc) is 2.87. The molecule has 0 aliphatic rings. The lowest BCUT2D eigenvalue weighted by Gasteiger charge is -2.04. The van der Waals surface area contributed by atoms with E-state index in [1.807, 2.05) is 0 Å². The van der Waals surface area contributed by atoms with E-state index in [-0.39, 0.29) is 12.3 Å². The number of ether oxygens (including phenoxy) is 2. The van der Waals surface area contributed by atoms with Gasteiger partial charge in [0.05, 0.1) is 6.61 Å². The van der Waals surface area contributed by atoms with Crippen LogP contribution in [0.25, 0.3) is 11.3 Å². The molecule has 1 heterocycles. The zero-order valence-electron chi connectivity index (χ0n) is 11.0. The quantitative estimate of drug-likeness (QED) is 0.672. The van der Waals surface area contributed by atoms with E-state index in [0.29, 0.717) is 17.0 Å². The highest BCUT2D eigenvalue weighted by Crippen LogP contribution is 2.24. The van der Waals surface area contributed by atoms with Crippen LogP contribution in [0.4, 0.5) is 0 Å². The van der Waals surface area contributed by atoms with Gasteiger partial charge in [0.1, 0.15) is 11.4 Å². The number of nitrogens with zero attached hydrogens (tertiary/aromatic N) is 2. The Bertz CT molecular complexity index is 636. The number of nitrogens with one attached hydrogen (secondary N) is 1. The fourth-order valence-electron chi connectivity index (χ4n) is 1.65. The highest BCUT2D eigenvalue weighted by molar-refractivity contribution is 5.94. The molecule has 1 aromatic heterocycles. The minimum atomic E-state index is -0.561. The summed E-state index contributed by atoms with van der Waals surface area (Å²) in [5, 5.41) is 10.1. The molecule has 1 N–H and O–H groups in total. The zero-order chi connectivity index (χ0) is 14.5. The Kier molecular flexibility index (Phi) is 4.09. The zero-order valence-corrected chi connectivity index (χ0v) is 11.0. The first-order chi connectivity index (χ1) is 9.61. The van der Waals surface area contributed by atoms with Gasteiger partial charge in [-0.05, 0) is 19.1 Å². The molecule has 0 aliphatic heterocycles. The number of benzene rings is 1. The van der Waals surface area contributed by atoms with Gasteiger partial charge in [-0.1, -0.05) is 12.1 Å². The van der Waals surface area contributed by atoms with E-state index < -0.39 is 11.9 Å². The number of H-pyrrole nitrogens is 1. The maximum absolute atomic E-state index is 11.7. The van der Waals surface area contributed by atoms with Crippen molar-refractivity contribution >= 4 is 11.9 Å². The van der Waals surface area contributed by atoms with Crippen LogP contribution < -0.4 is 4.74 Å². The van der Waals surface area contributed by atoms with Crippen LogP contribution in [0.1, 0.15) is 24.3 Å². The van der Waals surface area contributed by atoms with Gasteiger partial charge in [-0.2, -0.15) is 10.3 Å². The molecular weight excluding hydrogens is 262 g/mol. The monoisotopic (exact) mass is 275 g/mol. The Morgan fingerprint density at radius 1 is 1.30 bits per heavy atom.